The third-order valence-corrected chi connectivity index (χ3v) is 4.69. The van der Waals surface area contributed by atoms with Gasteiger partial charge < -0.3 is 0 Å². The van der Waals surface area contributed by atoms with Gasteiger partial charge in [-0.25, -0.2) is 4.79 Å². The second-order valence-electron chi connectivity index (χ2n) is 10.0. The number of Topliss-reactive ketones (excluding diaryl/α,β-unsaturated/α-hetero) is 2. The zero-order valence-electron chi connectivity index (χ0n) is 18.5. The first-order valence-corrected chi connectivity index (χ1v) is 9.74. The molecule has 0 aliphatic heterocycles. The lowest BCUT2D eigenvalue weighted by Gasteiger charge is -2.27. The molecule has 0 heterocycles. The van der Waals surface area contributed by atoms with Crippen LogP contribution < -0.4 is 0 Å². The van der Waals surface area contributed by atoms with Crippen LogP contribution >= 0.6 is 0 Å². The van der Waals surface area contributed by atoms with Crippen molar-refractivity contribution in [3.05, 3.63) is 34.9 Å². The first kappa shape index (κ1) is 23.2. The first-order chi connectivity index (χ1) is 12.1. The topological polar surface area (TPSA) is 51.2 Å². The van der Waals surface area contributed by atoms with Crippen LogP contribution in [-0.4, -0.2) is 42.6 Å². The van der Waals surface area contributed by atoms with Gasteiger partial charge in [0.25, 0.3) is 0 Å². The van der Waals surface area contributed by atoms with Crippen LogP contribution in [0, 0.1) is 10.8 Å². The molecule has 4 nitrogen and oxygen atoms in total. The average molecular weight is 375 g/mol. The Bertz CT molecular complexity index is 687. The van der Waals surface area contributed by atoms with Gasteiger partial charge in [-0.05, 0) is 24.6 Å². The number of carbonyl (C=O) groups is 3. The minimum atomic E-state index is -0.587. The van der Waals surface area contributed by atoms with Crippen molar-refractivity contribution in [3.63, 3.8) is 0 Å². The maximum Gasteiger partial charge on any atom is 0.345 e. The third-order valence-electron chi connectivity index (χ3n) is 4.69. The van der Waals surface area contributed by atoms with E-state index in [0.717, 1.165) is 19.4 Å². The van der Waals surface area contributed by atoms with Crippen molar-refractivity contribution >= 4 is 17.5 Å². The fourth-order valence-corrected chi connectivity index (χ4v) is 2.88. The molecule has 0 radical (unpaired) electrons. The molecule has 1 amide bonds. The molecule has 1 aromatic carbocycles. The molecule has 1 rings (SSSR count). The molecule has 27 heavy (non-hydrogen) atoms. The van der Waals surface area contributed by atoms with Gasteiger partial charge in [-0.2, -0.15) is 0 Å². The summed E-state index contributed by atoms with van der Waals surface area (Å²) in [6.45, 7) is 13.9. The van der Waals surface area contributed by atoms with Crippen LogP contribution in [0.3, 0.4) is 0 Å². The molecule has 0 bridgehead atoms. The molecule has 4 heteroatoms. The van der Waals surface area contributed by atoms with Crippen LogP contribution in [0.2, 0.25) is 0 Å². The molecule has 0 saturated carbocycles. The Morgan fingerprint density at radius 1 is 0.778 bits per heavy atom. The van der Waals surface area contributed by atoms with Gasteiger partial charge in [-0.3, -0.25) is 14.1 Å². The molecule has 0 spiro atoms. The molecule has 1 aromatic rings. The van der Waals surface area contributed by atoms with Crippen molar-refractivity contribution in [2.75, 3.05) is 20.6 Å². The van der Waals surface area contributed by atoms with Gasteiger partial charge in [0.2, 0.25) is 0 Å². The van der Waals surface area contributed by atoms with Crippen molar-refractivity contribution < 1.29 is 18.9 Å². The first-order valence-electron chi connectivity index (χ1n) is 9.74. The van der Waals surface area contributed by atoms with Crippen LogP contribution in [0.4, 0.5) is 0 Å². The van der Waals surface area contributed by atoms with Gasteiger partial charge in [0.1, 0.15) is 0 Å². The Hall–Kier alpha value is -1.81. The molecule has 150 valence electrons. The smallest absolute Gasteiger partial charge is 0.294 e. The Labute approximate surface area is 164 Å². The van der Waals surface area contributed by atoms with E-state index in [-0.39, 0.29) is 22.0 Å². The highest BCUT2D eigenvalue weighted by atomic mass is 16.2. The number of quaternary nitrogens is 1. The predicted molar refractivity (Wildman–Crippen MR) is 110 cm³/mol. The maximum atomic E-state index is 13.2. The zero-order chi connectivity index (χ0) is 21.2. The highest BCUT2D eigenvalue weighted by molar-refractivity contribution is 6.07. The van der Waals surface area contributed by atoms with Crippen molar-refractivity contribution in [1.29, 1.82) is 0 Å². The van der Waals surface area contributed by atoms with Crippen LogP contribution in [0.15, 0.2) is 18.2 Å². The minimum Gasteiger partial charge on any atom is -0.294 e. The summed E-state index contributed by atoms with van der Waals surface area (Å²) in [5, 5.41) is 0. The third kappa shape index (κ3) is 5.83. The number of hydrogen-bond donors (Lipinski definition) is 0. The number of rotatable bonds is 6. The van der Waals surface area contributed by atoms with Crippen molar-refractivity contribution in [3.8, 4) is 0 Å². The summed E-state index contributed by atoms with van der Waals surface area (Å²) in [6.07, 6.45) is 1.94. The lowest BCUT2D eigenvalue weighted by molar-refractivity contribution is -0.807. The van der Waals surface area contributed by atoms with E-state index in [4.69, 9.17) is 0 Å². The normalized spacial score (nSPS) is 12.8. The molecule has 0 fully saturated rings. The molecule has 0 saturated heterocycles. The summed E-state index contributed by atoms with van der Waals surface area (Å²) < 4.78 is 0.199. The van der Waals surface area contributed by atoms with Gasteiger partial charge in [0, 0.05) is 22.0 Å². The summed E-state index contributed by atoms with van der Waals surface area (Å²) in [6, 6.07) is 4.95. The van der Waals surface area contributed by atoms with E-state index in [1.165, 1.54) is 0 Å². The van der Waals surface area contributed by atoms with E-state index in [1.807, 2.05) is 55.6 Å². The molecular weight excluding hydrogens is 338 g/mol. The Kier molecular flexibility index (Phi) is 6.93. The fourth-order valence-electron chi connectivity index (χ4n) is 2.88. The minimum absolute atomic E-state index is 0.0704. The van der Waals surface area contributed by atoms with Crippen LogP contribution in [0.25, 0.3) is 0 Å². The van der Waals surface area contributed by atoms with Crippen molar-refractivity contribution in [1.82, 2.24) is 0 Å². The average Bonchev–Trinajstić information content (AvgIpc) is 2.55. The number of ketones is 2. The van der Waals surface area contributed by atoms with Crippen molar-refractivity contribution in [2.24, 2.45) is 10.8 Å². The Balaban J connectivity index is 3.54. The van der Waals surface area contributed by atoms with E-state index in [0.29, 0.717) is 16.7 Å². The van der Waals surface area contributed by atoms with Gasteiger partial charge in [-0.15, -0.1) is 0 Å². The fraction of sp³-hybridized carbons (Fsp3) is 0.609. The highest BCUT2D eigenvalue weighted by Crippen LogP contribution is 2.27. The molecule has 0 aliphatic carbocycles. The standard InChI is InChI=1S/C23H36NO3/c1-10-11-12-24(8,9)21(27)18-14-16(19(25)22(2,3)4)13-17(15-18)20(26)23(5,6)7/h13-15H,10-12H2,1-9H3/q+1. The highest BCUT2D eigenvalue weighted by Gasteiger charge is 2.32. The maximum absolute atomic E-state index is 13.2. The number of nitrogens with zero attached hydrogens (tertiary/aromatic N) is 1. The van der Waals surface area contributed by atoms with E-state index in [1.54, 1.807) is 18.2 Å². The number of benzene rings is 1. The number of unbranched alkanes of at least 4 members (excludes halogenated alkanes) is 1. The molecule has 0 aliphatic rings. The SMILES string of the molecule is CCCC[N+](C)(C)C(=O)c1cc(C(=O)C(C)(C)C)cc(C(=O)C(C)(C)C)c1. The monoisotopic (exact) mass is 374 g/mol. The van der Waals surface area contributed by atoms with Gasteiger partial charge in [-0.1, -0.05) is 54.9 Å². The van der Waals surface area contributed by atoms with Crippen LogP contribution in [0.1, 0.15) is 92.4 Å². The summed E-state index contributed by atoms with van der Waals surface area (Å²) in [7, 11) is 3.75. The van der Waals surface area contributed by atoms with E-state index < -0.39 is 10.8 Å². The van der Waals surface area contributed by atoms with E-state index >= 15 is 0 Å². The van der Waals surface area contributed by atoms with Crippen LogP contribution in [0.5, 0.6) is 0 Å². The summed E-state index contributed by atoms with van der Waals surface area (Å²) in [4.78, 5) is 38.9. The number of amides is 1. The summed E-state index contributed by atoms with van der Waals surface area (Å²) in [5.41, 5.74) is 0.110. The zero-order valence-corrected chi connectivity index (χ0v) is 18.5. The van der Waals surface area contributed by atoms with Crippen molar-refractivity contribution in [2.45, 2.75) is 61.3 Å². The molecule has 0 N–H and O–H groups in total. The molecule has 0 aromatic heterocycles. The van der Waals surface area contributed by atoms with Gasteiger partial charge in [0.05, 0.1) is 26.2 Å². The second-order valence-corrected chi connectivity index (χ2v) is 10.0. The summed E-state index contributed by atoms with van der Waals surface area (Å²) >= 11 is 0. The molecule has 0 unspecified atom stereocenters. The molecule has 0 atom stereocenters. The largest absolute Gasteiger partial charge is 0.345 e. The van der Waals surface area contributed by atoms with E-state index in [9.17, 15) is 14.4 Å². The Morgan fingerprint density at radius 3 is 1.48 bits per heavy atom. The lowest BCUT2D eigenvalue weighted by atomic mass is 9.82. The lowest BCUT2D eigenvalue weighted by Crippen LogP contribution is -2.46. The van der Waals surface area contributed by atoms with Gasteiger partial charge >= 0.3 is 5.91 Å². The van der Waals surface area contributed by atoms with Crippen LogP contribution in [-0.2, 0) is 0 Å². The quantitative estimate of drug-likeness (QED) is 0.510. The van der Waals surface area contributed by atoms with Gasteiger partial charge in [0.15, 0.2) is 11.6 Å². The second kappa shape index (κ2) is 8.05. The molecular formula is C23H36NO3+. The number of carbonyl (C=O) groups excluding carboxylic acids is 3. The number of hydrogen-bond acceptors (Lipinski definition) is 3. The van der Waals surface area contributed by atoms with E-state index in [2.05, 4.69) is 6.92 Å². The Morgan fingerprint density at radius 2 is 1.15 bits per heavy atom. The summed E-state index contributed by atoms with van der Waals surface area (Å²) in [5.74, 6) is -0.215. The predicted octanol–water partition coefficient (Wildman–Crippen LogP) is 5.16.